The van der Waals surface area contributed by atoms with Gasteiger partial charge >= 0.3 is 0 Å². The second-order valence-corrected chi connectivity index (χ2v) is 1.26. The second kappa shape index (κ2) is 9.58. The Hall–Kier alpha value is 0.310. The van der Waals surface area contributed by atoms with E-state index in [0.717, 1.165) is 6.42 Å². The zero-order valence-electron chi connectivity index (χ0n) is 5.18. The molecule has 0 saturated carbocycles. The van der Waals surface area contributed by atoms with Crippen LogP contribution in [-0.4, -0.2) is 17.5 Å². The number of hydrogen-bond donors (Lipinski definition) is 2. The third-order valence-corrected chi connectivity index (χ3v) is 0.591. The van der Waals surface area contributed by atoms with Crippen LogP contribution in [0.3, 0.4) is 0 Å². The molecule has 0 bridgehead atoms. The summed E-state index contributed by atoms with van der Waals surface area (Å²) < 4.78 is 0. The molecule has 0 aromatic carbocycles. The SMILES string of the molecule is CCC(C)O.CS. The van der Waals surface area contributed by atoms with E-state index in [9.17, 15) is 0 Å². The molecule has 0 radical (unpaired) electrons. The lowest BCUT2D eigenvalue weighted by molar-refractivity contribution is 0.191. The van der Waals surface area contributed by atoms with Crippen molar-refractivity contribution in [3.8, 4) is 0 Å². The van der Waals surface area contributed by atoms with Crippen LogP contribution in [0.1, 0.15) is 20.3 Å². The van der Waals surface area contributed by atoms with Crippen LogP contribution in [0, 0.1) is 0 Å². The third-order valence-electron chi connectivity index (χ3n) is 0.591. The van der Waals surface area contributed by atoms with Crippen molar-refractivity contribution < 1.29 is 5.11 Å². The van der Waals surface area contributed by atoms with Gasteiger partial charge in [0, 0.05) is 0 Å². The molecule has 0 aromatic heterocycles. The number of aliphatic hydroxyl groups is 1. The van der Waals surface area contributed by atoms with Gasteiger partial charge in [-0.1, -0.05) is 6.92 Å². The van der Waals surface area contributed by atoms with E-state index < -0.39 is 0 Å². The van der Waals surface area contributed by atoms with Crippen LogP contribution >= 0.6 is 12.6 Å². The Bertz CT molecular complexity index is 22.0. The average Bonchev–Trinajstić information content (AvgIpc) is 1.73. The van der Waals surface area contributed by atoms with Gasteiger partial charge in [-0.15, -0.1) is 0 Å². The topological polar surface area (TPSA) is 20.2 Å². The Morgan fingerprint density at radius 3 is 1.71 bits per heavy atom. The van der Waals surface area contributed by atoms with Crippen molar-refractivity contribution in [2.75, 3.05) is 6.26 Å². The number of thiol groups is 1. The summed E-state index contributed by atoms with van der Waals surface area (Å²) in [5.74, 6) is 0. The fourth-order valence-corrected chi connectivity index (χ4v) is 0. The van der Waals surface area contributed by atoms with Crippen LogP contribution in [0.15, 0.2) is 0 Å². The van der Waals surface area contributed by atoms with Gasteiger partial charge in [-0.05, 0) is 19.6 Å². The maximum absolute atomic E-state index is 8.36. The first-order valence-corrected chi connectivity index (χ1v) is 3.29. The summed E-state index contributed by atoms with van der Waals surface area (Å²) in [6.07, 6.45) is 2.44. The van der Waals surface area contributed by atoms with E-state index in [1.165, 1.54) is 0 Å². The fourth-order valence-electron chi connectivity index (χ4n) is 0. The molecule has 0 aliphatic heterocycles. The molecule has 0 aliphatic rings. The highest BCUT2D eigenvalue weighted by Gasteiger charge is 1.81. The minimum atomic E-state index is -0.116. The second-order valence-electron chi connectivity index (χ2n) is 1.26. The van der Waals surface area contributed by atoms with Gasteiger partial charge in [0.15, 0.2) is 0 Å². The summed E-state index contributed by atoms with van der Waals surface area (Å²) in [5, 5.41) is 8.36. The predicted molar refractivity (Wildman–Crippen MR) is 36.9 cm³/mol. The molecule has 0 aromatic rings. The summed E-state index contributed by atoms with van der Waals surface area (Å²) in [5.41, 5.74) is 0. The van der Waals surface area contributed by atoms with Crippen LogP contribution in [0.4, 0.5) is 0 Å². The van der Waals surface area contributed by atoms with Crippen molar-refractivity contribution >= 4 is 12.6 Å². The summed E-state index contributed by atoms with van der Waals surface area (Å²) in [6.45, 7) is 3.73. The maximum atomic E-state index is 8.36. The van der Waals surface area contributed by atoms with Gasteiger partial charge < -0.3 is 5.11 Å². The Kier molecular flexibility index (Phi) is 14.1. The van der Waals surface area contributed by atoms with Crippen LogP contribution in [0.5, 0.6) is 0 Å². The van der Waals surface area contributed by atoms with Gasteiger partial charge in [-0.2, -0.15) is 12.6 Å². The van der Waals surface area contributed by atoms with Crippen LogP contribution < -0.4 is 0 Å². The van der Waals surface area contributed by atoms with E-state index in [1.54, 1.807) is 13.2 Å². The van der Waals surface area contributed by atoms with E-state index in [1.807, 2.05) is 6.92 Å². The molecule has 46 valence electrons. The highest BCUT2D eigenvalue weighted by molar-refractivity contribution is 7.79. The third kappa shape index (κ3) is 22.0. The van der Waals surface area contributed by atoms with E-state index >= 15 is 0 Å². The zero-order valence-corrected chi connectivity index (χ0v) is 6.07. The molecule has 1 nitrogen and oxygen atoms in total. The quantitative estimate of drug-likeness (QED) is 0.503. The Morgan fingerprint density at radius 1 is 1.57 bits per heavy atom. The Labute approximate surface area is 51.2 Å². The van der Waals surface area contributed by atoms with Crippen LogP contribution in [-0.2, 0) is 0 Å². The molecule has 7 heavy (non-hydrogen) atoms. The van der Waals surface area contributed by atoms with Gasteiger partial charge in [0.25, 0.3) is 0 Å². The predicted octanol–water partition coefficient (Wildman–Crippen LogP) is 1.32. The van der Waals surface area contributed by atoms with Crippen LogP contribution in [0.25, 0.3) is 0 Å². The largest absolute Gasteiger partial charge is 0.393 e. The highest BCUT2D eigenvalue weighted by Crippen LogP contribution is 1.81. The standard InChI is InChI=1S/C4H10O.CH4S/c1-3-4(2)5;1-2/h4-5H,3H2,1-2H3;2H,1H3. The van der Waals surface area contributed by atoms with Crippen molar-refractivity contribution in [2.45, 2.75) is 26.4 Å². The van der Waals surface area contributed by atoms with Gasteiger partial charge in [-0.25, -0.2) is 0 Å². The molecule has 0 amide bonds. The normalized spacial score (nSPS) is 11.6. The molecule has 0 aliphatic carbocycles. The minimum absolute atomic E-state index is 0.116. The first-order chi connectivity index (χ1) is 3.27. The Balaban J connectivity index is 0. The molecular weight excluding hydrogens is 108 g/mol. The summed E-state index contributed by atoms with van der Waals surface area (Å²) in [7, 11) is 0. The van der Waals surface area contributed by atoms with Crippen molar-refractivity contribution in [2.24, 2.45) is 0 Å². The molecule has 1 unspecified atom stereocenters. The molecule has 0 heterocycles. The molecular formula is C5H14OS. The van der Waals surface area contributed by atoms with Crippen molar-refractivity contribution in [3.63, 3.8) is 0 Å². The van der Waals surface area contributed by atoms with Gasteiger partial charge in [0.1, 0.15) is 0 Å². The molecule has 0 spiro atoms. The lowest BCUT2D eigenvalue weighted by atomic mass is 10.3. The molecule has 0 fully saturated rings. The van der Waals surface area contributed by atoms with Crippen molar-refractivity contribution in [3.05, 3.63) is 0 Å². The summed E-state index contributed by atoms with van der Waals surface area (Å²) in [4.78, 5) is 0. The summed E-state index contributed by atoms with van der Waals surface area (Å²) >= 11 is 3.53. The molecule has 0 rings (SSSR count). The van der Waals surface area contributed by atoms with Gasteiger partial charge in [0.05, 0.1) is 6.10 Å². The highest BCUT2D eigenvalue weighted by atomic mass is 32.1. The van der Waals surface area contributed by atoms with Gasteiger partial charge in [0.2, 0.25) is 0 Å². The zero-order chi connectivity index (χ0) is 6.28. The number of hydrogen-bond acceptors (Lipinski definition) is 2. The van der Waals surface area contributed by atoms with Crippen molar-refractivity contribution in [1.82, 2.24) is 0 Å². The monoisotopic (exact) mass is 122 g/mol. The average molecular weight is 122 g/mol. The molecule has 1 atom stereocenters. The fraction of sp³-hybridized carbons (Fsp3) is 1.00. The molecule has 2 heteroatoms. The van der Waals surface area contributed by atoms with Crippen LogP contribution in [0.2, 0.25) is 0 Å². The van der Waals surface area contributed by atoms with Gasteiger partial charge in [-0.3, -0.25) is 0 Å². The summed E-state index contributed by atoms with van der Waals surface area (Å²) in [6, 6.07) is 0. The Morgan fingerprint density at radius 2 is 1.71 bits per heavy atom. The smallest absolute Gasteiger partial charge is 0.0509 e. The lowest BCUT2D eigenvalue weighted by Crippen LogP contribution is -1.93. The lowest BCUT2D eigenvalue weighted by Gasteiger charge is -1.90. The first kappa shape index (κ1) is 10.3. The maximum Gasteiger partial charge on any atom is 0.0509 e. The van der Waals surface area contributed by atoms with Crippen molar-refractivity contribution in [1.29, 1.82) is 0 Å². The van der Waals surface area contributed by atoms with E-state index in [-0.39, 0.29) is 6.10 Å². The van der Waals surface area contributed by atoms with E-state index in [4.69, 9.17) is 5.11 Å². The number of aliphatic hydroxyl groups excluding tert-OH is 1. The number of rotatable bonds is 1. The van der Waals surface area contributed by atoms with E-state index in [2.05, 4.69) is 12.6 Å². The molecule has 1 N–H and O–H groups in total. The van der Waals surface area contributed by atoms with E-state index in [0.29, 0.717) is 0 Å². The molecule has 0 saturated heterocycles. The minimum Gasteiger partial charge on any atom is -0.393 e. The first-order valence-electron chi connectivity index (χ1n) is 2.40.